The van der Waals surface area contributed by atoms with Gasteiger partial charge in [0.25, 0.3) is 0 Å². The van der Waals surface area contributed by atoms with Crippen LogP contribution in [0, 0.1) is 5.92 Å². The van der Waals surface area contributed by atoms with Crippen molar-refractivity contribution >= 4 is 23.7 Å². The Morgan fingerprint density at radius 1 is 0.450 bits per heavy atom. The Bertz CT molecular complexity index is 2460. The normalized spacial score (nSPS) is 15.2. The van der Waals surface area contributed by atoms with Crippen molar-refractivity contribution in [2.24, 2.45) is 5.92 Å². The number of ketones is 1. The molecule has 2 aliphatic carbocycles. The van der Waals surface area contributed by atoms with Crippen molar-refractivity contribution in [3.8, 4) is 22.3 Å². The molecule has 0 radical (unpaired) electrons. The van der Waals surface area contributed by atoms with Gasteiger partial charge in [-0.2, -0.15) is 0 Å². The van der Waals surface area contributed by atoms with Crippen LogP contribution >= 0.6 is 0 Å². The first-order valence-electron chi connectivity index (χ1n) is 20.1. The number of carbonyl (C=O) groups excluding carboxylic acids is 4. The van der Waals surface area contributed by atoms with Gasteiger partial charge in [-0.1, -0.05) is 158 Å². The van der Waals surface area contributed by atoms with Crippen LogP contribution in [0.4, 0.5) is 0 Å². The third kappa shape index (κ3) is 6.79. The van der Waals surface area contributed by atoms with Gasteiger partial charge in [0.05, 0.1) is 32.4 Å². The Morgan fingerprint density at radius 2 is 0.783 bits per heavy atom. The average molecular weight is 799 g/mol. The van der Waals surface area contributed by atoms with Crippen molar-refractivity contribution in [3.05, 3.63) is 191 Å². The quantitative estimate of drug-likeness (QED) is 0.0612. The van der Waals surface area contributed by atoms with Crippen LogP contribution in [0.3, 0.4) is 0 Å². The van der Waals surface area contributed by atoms with Crippen LogP contribution in [0.5, 0.6) is 0 Å². The molecule has 0 bridgehead atoms. The maximum Gasteiger partial charge on any atom is 0.322 e. The number of nitrogens with one attached hydrogen (secondary N) is 2. The third-order valence-corrected chi connectivity index (χ3v) is 12.1. The van der Waals surface area contributed by atoms with E-state index >= 15 is 0 Å². The lowest BCUT2D eigenvalue weighted by molar-refractivity contribution is -0.151. The Labute approximate surface area is 349 Å². The van der Waals surface area contributed by atoms with Gasteiger partial charge in [0.2, 0.25) is 0 Å². The number of hydrogen-bond acceptors (Lipinski definition) is 9. The molecule has 2 aliphatic rings. The lowest BCUT2D eigenvalue weighted by Gasteiger charge is -2.38. The molecule has 302 valence electrons. The molecule has 8 rings (SSSR count). The topological polar surface area (TPSA) is 120 Å². The SMILES string of the molecule is COC(=O)C(C[C@H](NC1(c2ccccc2)c2ccccc2-c2ccccc21)C(=O)OC)C(=O)CC[C@H](NC1(c2ccccc2)c2ccccc2-c2ccccc21)C(=O)OC. The second kappa shape index (κ2) is 16.9. The molecule has 2 N–H and O–H groups in total. The molecule has 0 saturated carbocycles. The summed E-state index contributed by atoms with van der Waals surface area (Å²) in [6, 6.07) is 49.7. The number of Topliss-reactive ketones (excluding diaryl/α,β-unsaturated/α-hetero) is 1. The number of fused-ring (bicyclic) bond motifs is 6. The number of rotatable bonds is 15. The summed E-state index contributed by atoms with van der Waals surface area (Å²) in [7, 11) is 3.82. The summed E-state index contributed by atoms with van der Waals surface area (Å²) in [6.45, 7) is 0. The zero-order chi connectivity index (χ0) is 41.9. The van der Waals surface area contributed by atoms with Gasteiger partial charge >= 0.3 is 17.9 Å². The Morgan fingerprint density at radius 3 is 1.17 bits per heavy atom. The Kier molecular flexibility index (Phi) is 11.3. The summed E-state index contributed by atoms with van der Waals surface area (Å²) in [5.74, 6) is -3.87. The van der Waals surface area contributed by atoms with E-state index in [-0.39, 0.29) is 19.3 Å². The smallest absolute Gasteiger partial charge is 0.322 e. The molecule has 60 heavy (non-hydrogen) atoms. The van der Waals surface area contributed by atoms with Gasteiger partial charge in [0.1, 0.15) is 23.8 Å². The summed E-state index contributed by atoms with van der Waals surface area (Å²) in [4.78, 5) is 55.9. The van der Waals surface area contributed by atoms with Gasteiger partial charge in [0.15, 0.2) is 0 Å². The van der Waals surface area contributed by atoms with E-state index in [0.29, 0.717) is 0 Å². The molecule has 3 atom stereocenters. The van der Waals surface area contributed by atoms with E-state index in [9.17, 15) is 19.2 Å². The van der Waals surface area contributed by atoms with Gasteiger partial charge in [-0.25, -0.2) is 0 Å². The molecule has 0 fully saturated rings. The van der Waals surface area contributed by atoms with Crippen LogP contribution < -0.4 is 10.6 Å². The van der Waals surface area contributed by atoms with E-state index in [0.717, 1.165) is 55.6 Å². The molecule has 0 saturated heterocycles. The molecule has 0 aromatic heterocycles. The molecule has 9 heteroatoms. The minimum absolute atomic E-state index is 0.0110. The predicted octanol–water partition coefficient (Wildman–Crippen LogP) is 7.72. The van der Waals surface area contributed by atoms with Crippen molar-refractivity contribution in [1.29, 1.82) is 0 Å². The van der Waals surface area contributed by atoms with Gasteiger partial charge < -0.3 is 14.2 Å². The van der Waals surface area contributed by atoms with E-state index in [1.165, 1.54) is 21.3 Å². The first-order valence-corrected chi connectivity index (χ1v) is 20.1. The fourth-order valence-electron chi connectivity index (χ4n) is 9.41. The largest absolute Gasteiger partial charge is 0.468 e. The number of hydrogen-bond donors (Lipinski definition) is 2. The fourth-order valence-corrected chi connectivity index (χ4v) is 9.41. The molecule has 0 amide bonds. The average Bonchev–Trinajstić information content (AvgIpc) is 3.76. The lowest BCUT2D eigenvalue weighted by atomic mass is 9.79. The van der Waals surface area contributed by atoms with Crippen molar-refractivity contribution in [1.82, 2.24) is 10.6 Å². The standard InChI is InChI=1S/C51H46N2O7/c1-58-47(55)39(32-45(49(57)60-3)53-51(34-20-8-5-9-21-34)42-28-16-12-24-37(42)38-25-13-17-29-43(38)51)46(54)31-30-44(48(56)59-2)52-50(33-18-6-4-7-19-33)40-26-14-10-22-35(40)36-23-11-15-27-41(36)50/h4-29,39,44-45,52-53H,30-32H2,1-3H3/t39?,44-,45-/m0/s1. The summed E-state index contributed by atoms with van der Waals surface area (Å²) < 4.78 is 16.0. The molecular formula is C51H46N2O7. The maximum atomic E-state index is 14.5. The second-order valence-corrected chi connectivity index (χ2v) is 15.2. The van der Waals surface area contributed by atoms with Crippen molar-refractivity contribution in [2.45, 2.75) is 42.4 Å². The summed E-state index contributed by atoms with van der Waals surface area (Å²) in [5, 5.41) is 7.31. The van der Waals surface area contributed by atoms with Crippen LogP contribution in [0.2, 0.25) is 0 Å². The molecular weight excluding hydrogens is 753 g/mol. The summed E-state index contributed by atoms with van der Waals surface area (Å²) >= 11 is 0. The van der Waals surface area contributed by atoms with Gasteiger partial charge in [0, 0.05) is 6.42 Å². The number of carbonyl (C=O) groups is 4. The Hall–Kier alpha value is -6.68. The second-order valence-electron chi connectivity index (χ2n) is 15.2. The first-order chi connectivity index (χ1) is 29.3. The number of ether oxygens (including phenoxy) is 3. The van der Waals surface area contributed by atoms with E-state index in [1.54, 1.807) is 0 Å². The van der Waals surface area contributed by atoms with Crippen LogP contribution in [0.15, 0.2) is 158 Å². The molecule has 6 aromatic rings. The zero-order valence-electron chi connectivity index (χ0n) is 33.7. The summed E-state index contributed by atoms with van der Waals surface area (Å²) in [5.41, 5.74) is 7.55. The van der Waals surface area contributed by atoms with Crippen LogP contribution in [-0.2, 0) is 44.5 Å². The molecule has 0 spiro atoms. The van der Waals surface area contributed by atoms with E-state index < -0.39 is 52.8 Å². The lowest BCUT2D eigenvalue weighted by Crippen LogP contribution is -2.53. The predicted molar refractivity (Wildman–Crippen MR) is 229 cm³/mol. The monoisotopic (exact) mass is 798 g/mol. The molecule has 0 aliphatic heterocycles. The summed E-state index contributed by atoms with van der Waals surface area (Å²) in [6.07, 6.45) is -0.477. The van der Waals surface area contributed by atoms with E-state index in [4.69, 9.17) is 14.2 Å². The van der Waals surface area contributed by atoms with Crippen LogP contribution in [0.1, 0.15) is 52.6 Å². The highest BCUT2D eigenvalue weighted by molar-refractivity contribution is 6.00. The molecule has 9 nitrogen and oxygen atoms in total. The molecule has 1 unspecified atom stereocenters. The number of methoxy groups -OCH3 is 3. The third-order valence-electron chi connectivity index (χ3n) is 12.1. The minimum Gasteiger partial charge on any atom is -0.468 e. The van der Waals surface area contributed by atoms with Gasteiger partial charge in [-0.15, -0.1) is 0 Å². The van der Waals surface area contributed by atoms with E-state index in [1.807, 2.05) is 146 Å². The number of esters is 3. The Balaban J connectivity index is 1.13. The minimum atomic E-state index is -1.37. The zero-order valence-corrected chi connectivity index (χ0v) is 33.7. The van der Waals surface area contributed by atoms with Crippen LogP contribution in [0.25, 0.3) is 22.3 Å². The highest BCUT2D eigenvalue weighted by atomic mass is 16.5. The highest BCUT2D eigenvalue weighted by Gasteiger charge is 2.49. The van der Waals surface area contributed by atoms with Crippen molar-refractivity contribution < 1.29 is 33.4 Å². The van der Waals surface area contributed by atoms with Gasteiger partial charge in [-0.3, -0.25) is 29.8 Å². The molecule has 0 heterocycles. The van der Waals surface area contributed by atoms with E-state index in [2.05, 4.69) is 22.8 Å². The van der Waals surface area contributed by atoms with Gasteiger partial charge in [-0.05, 0) is 68.5 Å². The van der Waals surface area contributed by atoms with Crippen molar-refractivity contribution in [2.75, 3.05) is 21.3 Å². The van der Waals surface area contributed by atoms with Crippen molar-refractivity contribution in [3.63, 3.8) is 0 Å². The fraction of sp³-hybridized carbons (Fsp3) is 0.216. The number of benzene rings is 6. The highest BCUT2D eigenvalue weighted by Crippen LogP contribution is 2.52. The molecule has 6 aromatic carbocycles. The maximum absolute atomic E-state index is 14.5. The van der Waals surface area contributed by atoms with Crippen LogP contribution in [-0.4, -0.2) is 57.1 Å². The first kappa shape index (κ1) is 40.1.